The van der Waals surface area contributed by atoms with E-state index < -0.39 is 0 Å². The van der Waals surface area contributed by atoms with Gasteiger partial charge in [0.2, 0.25) is 5.91 Å². The maximum absolute atomic E-state index is 12.2. The molecule has 1 amide bonds. The number of carbonyl (C=O) groups is 1. The van der Waals surface area contributed by atoms with E-state index in [4.69, 9.17) is 5.73 Å². The van der Waals surface area contributed by atoms with E-state index in [1.807, 2.05) is 0 Å². The van der Waals surface area contributed by atoms with Gasteiger partial charge in [-0.3, -0.25) is 4.79 Å². The summed E-state index contributed by atoms with van der Waals surface area (Å²) in [6.45, 7) is 8.33. The van der Waals surface area contributed by atoms with Gasteiger partial charge in [-0.15, -0.1) is 0 Å². The van der Waals surface area contributed by atoms with Gasteiger partial charge in [0.1, 0.15) is 0 Å². The van der Waals surface area contributed by atoms with Crippen LogP contribution < -0.4 is 11.1 Å². The summed E-state index contributed by atoms with van der Waals surface area (Å²) in [6.07, 6.45) is 4.07. The fourth-order valence-electron chi connectivity index (χ4n) is 2.28. The average Bonchev–Trinajstić information content (AvgIpc) is 2.21. The summed E-state index contributed by atoms with van der Waals surface area (Å²) in [5.41, 5.74) is 5.92. The molecule has 3 atom stereocenters. The topological polar surface area (TPSA) is 55.1 Å². The Morgan fingerprint density at radius 3 is 2.62 bits per heavy atom. The lowest BCUT2D eigenvalue weighted by Gasteiger charge is -2.35. The number of nitrogens with two attached hydrogens (primary N) is 1. The molecular weight excluding hydrogens is 200 g/mol. The molecule has 1 aliphatic rings. The molecule has 3 nitrogen and oxygen atoms in total. The first-order valence-electron chi connectivity index (χ1n) is 6.45. The first-order chi connectivity index (χ1) is 7.37. The molecule has 0 heterocycles. The van der Waals surface area contributed by atoms with E-state index in [9.17, 15) is 4.79 Å². The van der Waals surface area contributed by atoms with Gasteiger partial charge in [-0.25, -0.2) is 0 Å². The fraction of sp³-hybridized carbons (Fsp3) is 0.923. The van der Waals surface area contributed by atoms with Gasteiger partial charge in [0.25, 0.3) is 0 Å². The van der Waals surface area contributed by atoms with Gasteiger partial charge in [0.15, 0.2) is 0 Å². The highest BCUT2D eigenvalue weighted by molar-refractivity contribution is 5.79. The van der Waals surface area contributed by atoms with Crippen molar-refractivity contribution in [2.45, 2.75) is 65.0 Å². The quantitative estimate of drug-likeness (QED) is 0.774. The Kier molecular flexibility index (Phi) is 4.36. The number of hydrogen-bond acceptors (Lipinski definition) is 2. The van der Waals surface area contributed by atoms with Crippen molar-refractivity contribution in [1.29, 1.82) is 0 Å². The second-order valence-corrected chi connectivity index (χ2v) is 5.79. The predicted molar refractivity (Wildman–Crippen MR) is 67.0 cm³/mol. The van der Waals surface area contributed by atoms with Crippen LogP contribution in [-0.4, -0.2) is 17.5 Å². The Bertz CT molecular complexity index is 250. The molecule has 0 aromatic carbocycles. The normalized spacial score (nSPS) is 31.2. The molecule has 0 spiro atoms. The van der Waals surface area contributed by atoms with Gasteiger partial charge in [0, 0.05) is 17.5 Å². The number of amides is 1. The molecule has 1 saturated carbocycles. The highest BCUT2D eigenvalue weighted by Gasteiger charge is 2.34. The molecular formula is C13H26N2O. The summed E-state index contributed by atoms with van der Waals surface area (Å²) in [5.74, 6) is 0.602. The summed E-state index contributed by atoms with van der Waals surface area (Å²) in [5, 5.41) is 3.13. The summed E-state index contributed by atoms with van der Waals surface area (Å²) < 4.78 is 0. The van der Waals surface area contributed by atoms with Crippen molar-refractivity contribution in [3.05, 3.63) is 0 Å². The lowest BCUT2D eigenvalue weighted by molar-refractivity contribution is -0.129. The van der Waals surface area contributed by atoms with Crippen molar-refractivity contribution in [2.24, 2.45) is 17.6 Å². The minimum Gasteiger partial charge on any atom is -0.351 e. The van der Waals surface area contributed by atoms with Crippen molar-refractivity contribution in [1.82, 2.24) is 5.32 Å². The number of nitrogens with one attached hydrogen (secondary N) is 1. The third-order valence-electron chi connectivity index (χ3n) is 4.04. The largest absolute Gasteiger partial charge is 0.351 e. The summed E-state index contributed by atoms with van der Waals surface area (Å²) >= 11 is 0. The van der Waals surface area contributed by atoms with Gasteiger partial charge < -0.3 is 11.1 Å². The van der Waals surface area contributed by atoms with Gasteiger partial charge in [-0.1, -0.05) is 20.3 Å². The zero-order valence-corrected chi connectivity index (χ0v) is 11.0. The van der Waals surface area contributed by atoms with Crippen molar-refractivity contribution in [3.8, 4) is 0 Å². The highest BCUT2D eigenvalue weighted by Crippen LogP contribution is 2.29. The second kappa shape index (κ2) is 5.17. The van der Waals surface area contributed by atoms with E-state index in [2.05, 4.69) is 33.0 Å². The van der Waals surface area contributed by atoms with Crippen LogP contribution in [0.25, 0.3) is 0 Å². The Morgan fingerprint density at radius 1 is 1.44 bits per heavy atom. The van der Waals surface area contributed by atoms with Crippen molar-refractivity contribution in [2.75, 3.05) is 0 Å². The molecule has 3 N–H and O–H groups in total. The van der Waals surface area contributed by atoms with Crippen LogP contribution in [0.15, 0.2) is 0 Å². The van der Waals surface area contributed by atoms with E-state index in [1.165, 1.54) is 0 Å². The third kappa shape index (κ3) is 3.21. The van der Waals surface area contributed by atoms with Crippen LogP contribution >= 0.6 is 0 Å². The fourth-order valence-corrected chi connectivity index (χ4v) is 2.28. The van der Waals surface area contributed by atoms with Gasteiger partial charge in [-0.2, -0.15) is 0 Å². The maximum atomic E-state index is 12.2. The third-order valence-corrected chi connectivity index (χ3v) is 4.04. The SMILES string of the molecule is CCC(C)(C)NC(=O)C1CCCC(N)C1C. The smallest absolute Gasteiger partial charge is 0.223 e. The number of rotatable bonds is 3. The highest BCUT2D eigenvalue weighted by atomic mass is 16.2. The second-order valence-electron chi connectivity index (χ2n) is 5.79. The average molecular weight is 226 g/mol. The molecule has 0 aliphatic heterocycles. The monoisotopic (exact) mass is 226 g/mol. The molecule has 0 bridgehead atoms. The molecule has 0 aromatic heterocycles. The Hall–Kier alpha value is -0.570. The Morgan fingerprint density at radius 2 is 2.06 bits per heavy atom. The van der Waals surface area contributed by atoms with E-state index >= 15 is 0 Å². The molecule has 1 aliphatic carbocycles. The van der Waals surface area contributed by atoms with Gasteiger partial charge >= 0.3 is 0 Å². The summed E-state index contributed by atoms with van der Waals surface area (Å²) in [7, 11) is 0. The van der Waals surface area contributed by atoms with Crippen LogP contribution in [0.1, 0.15) is 53.4 Å². The Labute approximate surface area is 99.2 Å². The molecule has 0 radical (unpaired) electrons. The zero-order chi connectivity index (χ0) is 12.3. The van der Waals surface area contributed by atoms with E-state index in [0.717, 1.165) is 25.7 Å². The molecule has 3 unspecified atom stereocenters. The first kappa shape index (κ1) is 13.5. The molecule has 3 heteroatoms. The molecule has 1 fully saturated rings. The van der Waals surface area contributed by atoms with E-state index in [0.29, 0.717) is 5.92 Å². The van der Waals surface area contributed by atoms with Crippen molar-refractivity contribution >= 4 is 5.91 Å². The molecule has 16 heavy (non-hydrogen) atoms. The molecule has 0 saturated heterocycles. The van der Waals surface area contributed by atoms with Crippen molar-refractivity contribution < 1.29 is 4.79 Å². The minimum atomic E-state index is -0.0989. The van der Waals surface area contributed by atoms with Gasteiger partial charge in [0.05, 0.1) is 0 Å². The van der Waals surface area contributed by atoms with Crippen LogP contribution in [0.5, 0.6) is 0 Å². The van der Waals surface area contributed by atoms with Crippen molar-refractivity contribution in [3.63, 3.8) is 0 Å². The van der Waals surface area contributed by atoms with Crippen LogP contribution in [0.2, 0.25) is 0 Å². The first-order valence-corrected chi connectivity index (χ1v) is 6.45. The predicted octanol–water partition coefficient (Wildman–Crippen LogP) is 2.05. The van der Waals surface area contributed by atoms with Gasteiger partial charge in [-0.05, 0) is 39.0 Å². The summed E-state index contributed by atoms with van der Waals surface area (Å²) in [4.78, 5) is 12.2. The van der Waals surface area contributed by atoms with Crippen LogP contribution in [0.3, 0.4) is 0 Å². The number of hydrogen-bond donors (Lipinski definition) is 2. The van der Waals surface area contributed by atoms with Crippen LogP contribution in [0.4, 0.5) is 0 Å². The molecule has 94 valence electrons. The maximum Gasteiger partial charge on any atom is 0.223 e. The van der Waals surface area contributed by atoms with Crippen LogP contribution in [-0.2, 0) is 4.79 Å². The lowest BCUT2D eigenvalue weighted by atomic mass is 9.76. The number of carbonyl (C=O) groups excluding carboxylic acids is 1. The van der Waals surface area contributed by atoms with Crippen LogP contribution in [0, 0.1) is 11.8 Å². The van der Waals surface area contributed by atoms with E-state index in [-0.39, 0.29) is 23.4 Å². The lowest BCUT2D eigenvalue weighted by Crippen LogP contribution is -2.50. The molecule has 1 rings (SSSR count). The zero-order valence-electron chi connectivity index (χ0n) is 11.0. The molecule has 0 aromatic rings. The minimum absolute atomic E-state index is 0.0989. The summed E-state index contributed by atoms with van der Waals surface area (Å²) in [6, 6.07) is 0.189. The van der Waals surface area contributed by atoms with E-state index in [1.54, 1.807) is 0 Å². The Balaban J connectivity index is 2.59. The standard InChI is InChI=1S/C13H26N2O/c1-5-13(3,4)15-12(16)10-7-6-8-11(14)9(10)2/h9-11H,5-8,14H2,1-4H3,(H,15,16).